The maximum absolute atomic E-state index is 16.2. The van der Waals surface area contributed by atoms with E-state index in [0.29, 0.717) is 23.8 Å². The molecule has 5 aliphatic rings. The predicted octanol–water partition coefficient (Wildman–Crippen LogP) is 4.41. The summed E-state index contributed by atoms with van der Waals surface area (Å²) >= 11 is 0. The van der Waals surface area contributed by atoms with E-state index in [1.54, 1.807) is 12.3 Å². The van der Waals surface area contributed by atoms with E-state index in [0.717, 1.165) is 35.5 Å². The van der Waals surface area contributed by atoms with Crippen molar-refractivity contribution in [3.8, 4) is 0 Å². The van der Waals surface area contributed by atoms with Gasteiger partial charge in [-0.2, -0.15) is 13.2 Å². The van der Waals surface area contributed by atoms with E-state index in [4.69, 9.17) is 4.74 Å². The average Bonchev–Trinajstić information content (AvgIpc) is 3.06. The Morgan fingerprint density at radius 2 is 2.00 bits per heavy atom. The summed E-state index contributed by atoms with van der Waals surface area (Å²) in [6.45, 7) is 0.163. The SMILES string of the molecule is O=C(N1Cc2cccnc2Nc2ccc(N3CC4CCC3CO4)cc21)C1(F)CCN(CC(F)(F)F)CC1. The number of nitrogens with zero attached hydrogens (tertiary/aromatic N) is 4. The molecule has 0 spiro atoms. The van der Waals surface area contributed by atoms with E-state index < -0.39 is 24.3 Å². The number of piperidine rings is 2. The van der Waals surface area contributed by atoms with E-state index in [-0.39, 0.29) is 44.6 Å². The fraction of sp³-hybridized carbons (Fsp3) is 0.538. The number of benzene rings is 1. The van der Waals surface area contributed by atoms with E-state index in [1.165, 1.54) is 4.90 Å². The first kappa shape index (κ1) is 24.4. The Hall–Kier alpha value is -2.92. The number of halogens is 4. The number of hydrogen-bond donors (Lipinski definition) is 1. The van der Waals surface area contributed by atoms with Crippen LogP contribution in [0.1, 0.15) is 31.2 Å². The number of fused-ring (bicyclic) bond motifs is 5. The average molecular weight is 520 g/mol. The Labute approximate surface area is 212 Å². The third-order valence-corrected chi connectivity index (χ3v) is 7.94. The third kappa shape index (κ3) is 4.74. The molecule has 7 rings (SSSR count). The Bertz CT molecular complexity index is 1180. The van der Waals surface area contributed by atoms with Gasteiger partial charge in [0.15, 0.2) is 5.67 Å². The number of carbonyl (C=O) groups is 1. The van der Waals surface area contributed by atoms with Gasteiger partial charge in [-0.05, 0) is 37.1 Å². The second-order valence-corrected chi connectivity index (χ2v) is 10.4. The first-order valence-corrected chi connectivity index (χ1v) is 12.7. The van der Waals surface area contributed by atoms with Crippen molar-refractivity contribution in [3.05, 3.63) is 42.1 Å². The van der Waals surface area contributed by atoms with Crippen molar-refractivity contribution in [2.75, 3.05) is 47.9 Å². The molecule has 2 unspecified atom stereocenters. The maximum atomic E-state index is 16.2. The van der Waals surface area contributed by atoms with Crippen LogP contribution in [0.4, 0.5) is 40.4 Å². The molecular weight excluding hydrogens is 490 g/mol. The number of morpholine rings is 1. The Kier molecular flexibility index (Phi) is 6.02. The molecule has 0 aliphatic carbocycles. The maximum Gasteiger partial charge on any atom is 0.401 e. The van der Waals surface area contributed by atoms with Gasteiger partial charge in [0.25, 0.3) is 5.91 Å². The molecule has 37 heavy (non-hydrogen) atoms. The van der Waals surface area contributed by atoms with Crippen LogP contribution in [-0.4, -0.2) is 72.6 Å². The number of aromatic nitrogens is 1. The summed E-state index contributed by atoms with van der Waals surface area (Å²) < 4.78 is 60.6. The van der Waals surface area contributed by atoms with Crippen LogP contribution in [-0.2, 0) is 16.1 Å². The smallest absolute Gasteiger partial charge is 0.374 e. The van der Waals surface area contributed by atoms with Gasteiger partial charge in [0.2, 0.25) is 0 Å². The molecule has 0 saturated carbocycles. The van der Waals surface area contributed by atoms with Gasteiger partial charge in [-0.25, -0.2) is 9.37 Å². The van der Waals surface area contributed by atoms with Crippen molar-refractivity contribution in [3.63, 3.8) is 0 Å². The second kappa shape index (κ2) is 9.13. The zero-order valence-electron chi connectivity index (χ0n) is 20.3. The van der Waals surface area contributed by atoms with Crippen molar-refractivity contribution in [2.24, 2.45) is 0 Å². The molecule has 0 radical (unpaired) electrons. The fourth-order valence-corrected chi connectivity index (χ4v) is 5.91. The van der Waals surface area contributed by atoms with Gasteiger partial charge < -0.3 is 19.9 Å². The first-order valence-electron chi connectivity index (χ1n) is 12.7. The van der Waals surface area contributed by atoms with E-state index >= 15 is 4.39 Å². The molecule has 1 N–H and O–H groups in total. The number of ether oxygens (including phenoxy) is 1. The van der Waals surface area contributed by atoms with E-state index in [9.17, 15) is 18.0 Å². The summed E-state index contributed by atoms with van der Waals surface area (Å²) in [5, 5.41) is 3.30. The number of nitrogens with one attached hydrogen (secondary N) is 1. The van der Waals surface area contributed by atoms with Gasteiger partial charge >= 0.3 is 6.18 Å². The van der Waals surface area contributed by atoms with Gasteiger partial charge in [0, 0.05) is 49.9 Å². The van der Waals surface area contributed by atoms with Crippen molar-refractivity contribution in [1.29, 1.82) is 0 Å². The highest BCUT2D eigenvalue weighted by Crippen LogP contribution is 2.42. The van der Waals surface area contributed by atoms with Crippen LogP contribution in [0, 0.1) is 0 Å². The summed E-state index contributed by atoms with van der Waals surface area (Å²) in [6, 6.07) is 9.62. The Morgan fingerprint density at radius 1 is 1.19 bits per heavy atom. The number of pyridine rings is 1. The zero-order valence-corrected chi connectivity index (χ0v) is 20.3. The molecule has 198 valence electrons. The lowest BCUT2D eigenvalue weighted by molar-refractivity contribution is -0.153. The van der Waals surface area contributed by atoms with E-state index in [1.807, 2.05) is 24.3 Å². The second-order valence-electron chi connectivity index (χ2n) is 10.4. The predicted molar refractivity (Wildman–Crippen MR) is 131 cm³/mol. The number of hydrogen-bond acceptors (Lipinski definition) is 6. The number of amides is 1. The highest BCUT2D eigenvalue weighted by atomic mass is 19.4. The lowest BCUT2D eigenvalue weighted by atomic mass is 9.91. The van der Waals surface area contributed by atoms with Gasteiger partial charge in [0.1, 0.15) is 5.82 Å². The minimum absolute atomic E-state index is 0.110. The highest BCUT2D eigenvalue weighted by Gasteiger charge is 2.47. The molecular formula is C26H29F4N5O2. The van der Waals surface area contributed by atoms with Gasteiger partial charge in [-0.3, -0.25) is 9.69 Å². The normalized spacial score (nSPS) is 25.2. The minimum atomic E-state index is -4.36. The van der Waals surface area contributed by atoms with Crippen LogP contribution in [0.5, 0.6) is 0 Å². The number of likely N-dealkylation sites (tertiary alicyclic amines) is 1. The number of carbonyl (C=O) groups excluding carboxylic acids is 1. The van der Waals surface area contributed by atoms with Gasteiger partial charge in [0.05, 0.1) is 43.2 Å². The summed E-state index contributed by atoms with van der Waals surface area (Å²) in [7, 11) is 0. The molecule has 2 bridgehead atoms. The molecule has 2 aromatic rings. The molecule has 2 atom stereocenters. The monoisotopic (exact) mass is 519 g/mol. The molecule has 1 amide bonds. The lowest BCUT2D eigenvalue weighted by Gasteiger charge is -2.46. The fourth-order valence-electron chi connectivity index (χ4n) is 5.91. The molecule has 5 aliphatic heterocycles. The van der Waals surface area contributed by atoms with Crippen LogP contribution >= 0.6 is 0 Å². The molecule has 11 heteroatoms. The van der Waals surface area contributed by atoms with Crippen LogP contribution < -0.4 is 15.1 Å². The van der Waals surface area contributed by atoms with Crippen LogP contribution in [0.2, 0.25) is 0 Å². The van der Waals surface area contributed by atoms with Crippen molar-refractivity contribution >= 4 is 28.8 Å². The Morgan fingerprint density at radius 3 is 2.68 bits per heavy atom. The molecule has 4 fully saturated rings. The van der Waals surface area contributed by atoms with Crippen molar-refractivity contribution in [2.45, 2.75) is 56.2 Å². The zero-order chi connectivity index (χ0) is 25.8. The standard InChI is InChI=1S/C26H29F4N5O2/c27-25(7-10-33(11-8-25)16-26(28,29)30)24(36)35-13-17-2-1-9-31-23(17)32-21-6-4-18(12-22(21)35)34-14-20-5-3-19(34)15-37-20/h1-2,4,6,9,12,19-20H,3,5,7-8,10-11,13-16H2,(H,31,32). The largest absolute Gasteiger partial charge is 0.401 e. The number of alkyl halides is 4. The Balaban J connectivity index is 1.32. The molecule has 4 saturated heterocycles. The molecule has 6 heterocycles. The molecule has 7 nitrogen and oxygen atoms in total. The van der Waals surface area contributed by atoms with Crippen LogP contribution in [0.15, 0.2) is 36.5 Å². The van der Waals surface area contributed by atoms with Crippen molar-refractivity contribution in [1.82, 2.24) is 9.88 Å². The van der Waals surface area contributed by atoms with Crippen LogP contribution in [0.3, 0.4) is 0 Å². The summed E-state index contributed by atoms with van der Waals surface area (Å²) in [5.41, 5.74) is 0.587. The number of anilines is 4. The quantitative estimate of drug-likeness (QED) is 0.607. The first-order chi connectivity index (χ1) is 17.7. The van der Waals surface area contributed by atoms with Crippen molar-refractivity contribution < 1.29 is 27.1 Å². The van der Waals surface area contributed by atoms with Gasteiger partial charge in [-0.1, -0.05) is 6.07 Å². The van der Waals surface area contributed by atoms with E-state index in [2.05, 4.69) is 15.2 Å². The third-order valence-electron chi connectivity index (χ3n) is 7.94. The van der Waals surface area contributed by atoms with Gasteiger partial charge in [-0.15, -0.1) is 0 Å². The topological polar surface area (TPSA) is 60.9 Å². The summed E-state index contributed by atoms with van der Waals surface area (Å²) in [5.74, 6) is -0.135. The summed E-state index contributed by atoms with van der Waals surface area (Å²) in [6.07, 6.45) is -1.06. The molecule has 1 aromatic heterocycles. The molecule has 1 aromatic carbocycles. The minimum Gasteiger partial charge on any atom is -0.374 e. The highest BCUT2D eigenvalue weighted by molar-refractivity contribution is 6.03. The lowest BCUT2D eigenvalue weighted by Crippen LogP contribution is -2.54. The van der Waals surface area contributed by atoms with Crippen LogP contribution in [0.25, 0.3) is 0 Å². The number of rotatable bonds is 3. The summed E-state index contributed by atoms with van der Waals surface area (Å²) in [4.78, 5) is 23.1.